The Labute approximate surface area is 138 Å². The Morgan fingerprint density at radius 3 is 2.52 bits per heavy atom. The van der Waals surface area contributed by atoms with E-state index < -0.39 is 23.7 Å². The normalized spacial score (nSPS) is 18.7. The fourth-order valence-electron chi connectivity index (χ4n) is 2.27. The van der Waals surface area contributed by atoms with Gasteiger partial charge in [0.15, 0.2) is 0 Å². The number of aliphatic carboxylic acids is 1. The predicted octanol–water partition coefficient (Wildman–Crippen LogP) is 1.89. The first kappa shape index (κ1) is 17.3. The Bertz CT molecular complexity index is 594. The van der Waals surface area contributed by atoms with Gasteiger partial charge in [0.2, 0.25) is 0 Å². The monoisotopic (exact) mass is 340 g/mol. The van der Waals surface area contributed by atoms with Gasteiger partial charge in [0.1, 0.15) is 11.6 Å². The lowest BCUT2D eigenvalue weighted by molar-refractivity contribution is -0.144. The van der Waals surface area contributed by atoms with Gasteiger partial charge >= 0.3 is 12.1 Å². The Morgan fingerprint density at radius 1 is 1.30 bits per heavy atom. The topological polar surface area (TPSA) is 87.2 Å². The van der Waals surface area contributed by atoms with Gasteiger partial charge in [-0.1, -0.05) is 6.07 Å². The summed E-state index contributed by atoms with van der Waals surface area (Å²) >= 11 is 1.26. The molecule has 1 aromatic heterocycles. The molecule has 1 fully saturated rings. The summed E-state index contributed by atoms with van der Waals surface area (Å²) in [4.78, 5) is 39.2. The van der Waals surface area contributed by atoms with Crippen LogP contribution in [0.3, 0.4) is 0 Å². The number of hydrogen-bond donors (Lipinski definition) is 1. The second-order valence-electron chi connectivity index (χ2n) is 6.26. The van der Waals surface area contributed by atoms with Gasteiger partial charge in [-0.05, 0) is 32.2 Å². The highest BCUT2D eigenvalue weighted by Crippen LogP contribution is 2.19. The SMILES string of the molecule is CC(C)(C)OC(=O)N1CCN(C(=O)c2cccs2)C(C(=O)O)C1. The molecule has 1 aromatic rings. The first-order valence-corrected chi connectivity index (χ1v) is 8.12. The number of carboxylic acids is 1. The number of carbonyl (C=O) groups is 3. The third-order valence-corrected chi connectivity index (χ3v) is 4.17. The van der Waals surface area contributed by atoms with Crippen molar-refractivity contribution >= 4 is 29.3 Å². The zero-order valence-corrected chi connectivity index (χ0v) is 14.1. The van der Waals surface area contributed by atoms with Crippen LogP contribution in [0.25, 0.3) is 0 Å². The highest BCUT2D eigenvalue weighted by Gasteiger charge is 2.38. The van der Waals surface area contributed by atoms with E-state index in [1.807, 2.05) is 0 Å². The van der Waals surface area contributed by atoms with E-state index in [2.05, 4.69) is 0 Å². The summed E-state index contributed by atoms with van der Waals surface area (Å²) in [5.74, 6) is -1.46. The first-order chi connectivity index (χ1) is 10.7. The van der Waals surface area contributed by atoms with Gasteiger partial charge in [-0.25, -0.2) is 9.59 Å². The summed E-state index contributed by atoms with van der Waals surface area (Å²) in [6.07, 6.45) is -0.563. The Morgan fingerprint density at radius 2 is 2.00 bits per heavy atom. The quantitative estimate of drug-likeness (QED) is 0.888. The van der Waals surface area contributed by atoms with Gasteiger partial charge in [-0.15, -0.1) is 11.3 Å². The summed E-state index contributed by atoms with van der Waals surface area (Å²) in [6, 6.07) is 2.32. The molecule has 0 aliphatic carbocycles. The highest BCUT2D eigenvalue weighted by atomic mass is 32.1. The summed E-state index contributed by atoms with van der Waals surface area (Å²) in [5.41, 5.74) is -0.653. The van der Waals surface area contributed by atoms with E-state index in [1.165, 1.54) is 21.1 Å². The largest absolute Gasteiger partial charge is 0.480 e. The van der Waals surface area contributed by atoms with E-state index in [1.54, 1.807) is 38.3 Å². The van der Waals surface area contributed by atoms with Crippen LogP contribution >= 0.6 is 11.3 Å². The molecule has 0 spiro atoms. The second-order valence-corrected chi connectivity index (χ2v) is 7.20. The minimum absolute atomic E-state index is 0.0820. The molecule has 7 nitrogen and oxygen atoms in total. The van der Waals surface area contributed by atoms with Gasteiger partial charge < -0.3 is 19.6 Å². The average Bonchev–Trinajstić information content (AvgIpc) is 2.98. The number of amides is 2. The molecule has 1 saturated heterocycles. The first-order valence-electron chi connectivity index (χ1n) is 7.24. The van der Waals surface area contributed by atoms with Crippen LogP contribution in [-0.2, 0) is 9.53 Å². The molecule has 2 amide bonds. The second kappa shape index (κ2) is 6.57. The summed E-state index contributed by atoms with van der Waals surface area (Å²) < 4.78 is 5.27. The molecule has 0 bridgehead atoms. The smallest absolute Gasteiger partial charge is 0.410 e. The molecule has 2 heterocycles. The van der Waals surface area contributed by atoms with E-state index in [0.29, 0.717) is 4.88 Å². The number of rotatable bonds is 2. The lowest BCUT2D eigenvalue weighted by Crippen LogP contribution is -2.59. The number of thiophene rings is 1. The van der Waals surface area contributed by atoms with Crippen molar-refractivity contribution in [3.8, 4) is 0 Å². The van der Waals surface area contributed by atoms with Gasteiger partial charge in [-0.2, -0.15) is 0 Å². The molecule has 0 aromatic carbocycles. The molecule has 8 heteroatoms. The molecule has 1 unspecified atom stereocenters. The summed E-state index contributed by atoms with van der Waals surface area (Å²) in [5, 5.41) is 11.2. The lowest BCUT2D eigenvalue weighted by Gasteiger charge is -2.39. The number of nitrogens with zero attached hydrogens (tertiary/aromatic N) is 2. The van der Waals surface area contributed by atoms with Crippen LogP contribution in [0.15, 0.2) is 17.5 Å². The Kier molecular flexibility index (Phi) is 4.93. The van der Waals surface area contributed by atoms with Gasteiger partial charge in [0, 0.05) is 13.1 Å². The Balaban J connectivity index is 2.11. The van der Waals surface area contributed by atoms with Crippen molar-refractivity contribution < 1.29 is 24.2 Å². The van der Waals surface area contributed by atoms with Crippen LogP contribution < -0.4 is 0 Å². The summed E-state index contributed by atoms with van der Waals surface area (Å²) in [7, 11) is 0. The number of hydrogen-bond acceptors (Lipinski definition) is 5. The molecular formula is C15H20N2O5S. The third-order valence-electron chi connectivity index (χ3n) is 3.31. The molecule has 1 aliphatic heterocycles. The van der Waals surface area contributed by atoms with E-state index in [4.69, 9.17) is 4.74 Å². The maximum absolute atomic E-state index is 12.4. The molecule has 126 valence electrons. The molecule has 0 saturated carbocycles. The van der Waals surface area contributed by atoms with Crippen molar-refractivity contribution in [1.29, 1.82) is 0 Å². The maximum atomic E-state index is 12.4. The highest BCUT2D eigenvalue weighted by molar-refractivity contribution is 7.12. The minimum atomic E-state index is -1.14. The van der Waals surface area contributed by atoms with Crippen molar-refractivity contribution in [2.75, 3.05) is 19.6 Å². The third kappa shape index (κ3) is 4.22. The van der Waals surface area contributed by atoms with Crippen LogP contribution in [0, 0.1) is 0 Å². The predicted molar refractivity (Wildman–Crippen MR) is 84.6 cm³/mol. The molecule has 1 atom stereocenters. The number of carbonyl (C=O) groups excluding carboxylic acids is 2. The summed E-state index contributed by atoms with van der Waals surface area (Å²) in [6.45, 7) is 5.56. The Hall–Kier alpha value is -2.09. The minimum Gasteiger partial charge on any atom is -0.480 e. The van der Waals surface area contributed by atoms with Crippen molar-refractivity contribution in [2.45, 2.75) is 32.4 Å². The van der Waals surface area contributed by atoms with Crippen LogP contribution in [0.1, 0.15) is 30.4 Å². The fourth-order valence-corrected chi connectivity index (χ4v) is 2.95. The standard InChI is InChI=1S/C15H20N2O5S/c1-15(2,3)22-14(21)16-6-7-17(10(9-16)13(19)20)12(18)11-5-4-8-23-11/h4-5,8,10H,6-7,9H2,1-3H3,(H,19,20). The van der Waals surface area contributed by atoms with E-state index >= 15 is 0 Å². The lowest BCUT2D eigenvalue weighted by atomic mass is 10.1. The average molecular weight is 340 g/mol. The van der Waals surface area contributed by atoms with E-state index in [-0.39, 0.29) is 25.5 Å². The fraction of sp³-hybridized carbons (Fsp3) is 0.533. The van der Waals surface area contributed by atoms with Gasteiger partial charge in [0.05, 0.1) is 11.4 Å². The molecule has 23 heavy (non-hydrogen) atoms. The van der Waals surface area contributed by atoms with E-state index in [9.17, 15) is 19.5 Å². The van der Waals surface area contributed by atoms with Crippen molar-refractivity contribution in [3.63, 3.8) is 0 Å². The molecular weight excluding hydrogens is 320 g/mol. The molecule has 0 radical (unpaired) electrons. The molecule has 1 N–H and O–H groups in total. The van der Waals surface area contributed by atoms with E-state index in [0.717, 1.165) is 0 Å². The van der Waals surface area contributed by atoms with Crippen LogP contribution in [0.2, 0.25) is 0 Å². The number of ether oxygens (including phenoxy) is 1. The van der Waals surface area contributed by atoms with Gasteiger partial charge in [-0.3, -0.25) is 4.79 Å². The van der Waals surface area contributed by atoms with Crippen LogP contribution in [-0.4, -0.2) is 64.2 Å². The maximum Gasteiger partial charge on any atom is 0.410 e. The van der Waals surface area contributed by atoms with Crippen molar-refractivity contribution in [3.05, 3.63) is 22.4 Å². The number of carboxylic acid groups (broad SMARTS) is 1. The molecule has 2 rings (SSSR count). The number of piperazine rings is 1. The molecule has 1 aliphatic rings. The zero-order valence-electron chi connectivity index (χ0n) is 13.3. The van der Waals surface area contributed by atoms with Crippen LogP contribution in [0.5, 0.6) is 0 Å². The zero-order chi connectivity index (χ0) is 17.2. The van der Waals surface area contributed by atoms with Crippen molar-refractivity contribution in [1.82, 2.24) is 9.80 Å². The van der Waals surface area contributed by atoms with Crippen molar-refractivity contribution in [2.24, 2.45) is 0 Å². The van der Waals surface area contributed by atoms with Gasteiger partial charge in [0.25, 0.3) is 5.91 Å². The van der Waals surface area contributed by atoms with Crippen LogP contribution in [0.4, 0.5) is 4.79 Å².